The summed E-state index contributed by atoms with van der Waals surface area (Å²) in [5.74, 6) is 0.244. The number of hydrogen-bond acceptors (Lipinski definition) is 3. The fraction of sp³-hybridized carbons (Fsp3) is 0.500. The second-order valence-corrected chi connectivity index (χ2v) is 4.20. The Balaban J connectivity index is 0.00000484. The summed E-state index contributed by atoms with van der Waals surface area (Å²) in [7, 11) is 1.58. The highest BCUT2D eigenvalue weighted by atomic mass is 127. The van der Waals surface area contributed by atoms with E-state index < -0.39 is 6.36 Å². The highest BCUT2D eigenvalue weighted by molar-refractivity contribution is 14.0. The third-order valence-corrected chi connectivity index (χ3v) is 2.61. The molecule has 0 bridgehead atoms. The van der Waals surface area contributed by atoms with Crippen LogP contribution in [0.2, 0.25) is 0 Å². The van der Waals surface area contributed by atoms with Crippen LogP contribution in [0.1, 0.15) is 12.5 Å². The predicted molar refractivity (Wildman–Crippen MR) is 93.2 cm³/mol. The van der Waals surface area contributed by atoms with Crippen molar-refractivity contribution in [3.05, 3.63) is 29.8 Å². The molecule has 0 atom stereocenters. The summed E-state index contributed by atoms with van der Waals surface area (Å²) < 4.78 is 46.2. The van der Waals surface area contributed by atoms with Crippen LogP contribution in [0.4, 0.5) is 13.2 Å². The number of ether oxygens (including phenoxy) is 2. The zero-order valence-corrected chi connectivity index (χ0v) is 15.3. The van der Waals surface area contributed by atoms with E-state index in [1.165, 1.54) is 12.1 Å². The van der Waals surface area contributed by atoms with Crippen molar-refractivity contribution in [3.63, 3.8) is 0 Å². The van der Waals surface area contributed by atoms with E-state index >= 15 is 0 Å². The molecular weight excluding hydrogens is 426 g/mol. The third-order valence-electron chi connectivity index (χ3n) is 2.61. The van der Waals surface area contributed by atoms with Gasteiger partial charge in [0, 0.05) is 32.3 Å². The Kier molecular flexibility index (Phi) is 10.7. The number of aliphatic imine (C=N–C) groups is 1. The van der Waals surface area contributed by atoms with Gasteiger partial charge < -0.3 is 20.1 Å². The second kappa shape index (κ2) is 11.3. The number of benzene rings is 1. The summed E-state index contributed by atoms with van der Waals surface area (Å²) in [5, 5.41) is 5.92. The molecule has 1 aromatic rings. The lowest BCUT2D eigenvalue weighted by Crippen LogP contribution is -2.38. The number of para-hydroxylation sites is 1. The predicted octanol–water partition coefficient (Wildman–Crippen LogP) is 2.90. The maximum atomic E-state index is 12.3. The Bertz CT molecular complexity index is 485. The number of halogens is 4. The average Bonchev–Trinajstić information content (AvgIpc) is 2.46. The van der Waals surface area contributed by atoms with Crippen LogP contribution < -0.4 is 15.4 Å². The number of alkyl halides is 3. The molecule has 2 N–H and O–H groups in total. The maximum Gasteiger partial charge on any atom is 0.573 e. The van der Waals surface area contributed by atoms with Crippen LogP contribution in [0.15, 0.2) is 29.3 Å². The van der Waals surface area contributed by atoms with Crippen molar-refractivity contribution in [1.29, 1.82) is 0 Å². The molecule has 23 heavy (non-hydrogen) atoms. The first kappa shape index (κ1) is 21.8. The number of hydrogen-bond donors (Lipinski definition) is 2. The SMILES string of the molecule is CCOCCNC(=NC)NCc1ccccc1OC(F)(F)F.I. The van der Waals surface area contributed by atoms with Gasteiger partial charge in [-0.15, -0.1) is 37.1 Å². The summed E-state index contributed by atoms with van der Waals surface area (Å²) in [6.07, 6.45) is -4.71. The Morgan fingerprint density at radius 2 is 1.91 bits per heavy atom. The third kappa shape index (κ3) is 9.49. The van der Waals surface area contributed by atoms with Crippen molar-refractivity contribution in [1.82, 2.24) is 10.6 Å². The fourth-order valence-corrected chi connectivity index (χ4v) is 1.66. The van der Waals surface area contributed by atoms with Gasteiger partial charge in [0.25, 0.3) is 0 Å². The van der Waals surface area contributed by atoms with Crippen LogP contribution in [-0.2, 0) is 11.3 Å². The van der Waals surface area contributed by atoms with E-state index in [1.54, 1.807) is 19.2 Å². The first-order valence-corrected chi connectivity index (χ1v) is 6.82. The van der Waals surface area contributed by atoms with Crippen molar-refractivity contribution in [2.75, 3.05) is 26.8 Å². The number of rotatable bonds is 7. The Hall–Kier alpha value is -1.23. The number of nitrogens with one attached hydrogen (secondary N) is 2. The van der Waals surface area contributed by atoms with Crippen LogP contribution >= 0.6 is 24.0 Å². The Morgan fingerprint density at radius 3 is 2.52 bits per heavy atom. The van der Waals surface area contributed by atoms with Crippen LogP contribution in [0.25, 0.3) is 0 Å². The zero-order chi connectivity index (χ0) is 16.4. The molecule has 0 radical (unpaired) electrons. The van der Waals surface area contributed by atoms with Gasteiger partial charge in [-0.25, -0.2) is 0 Å². The van der Waals surface area contributed by atoms with Crippen molar-refractivity contribution < 1.29 is 22.6 Å². The van der Waals surface area contributed by atoms with Crippen molar-refractivity contribution >= 4 is 29.9 Å². The summed E-state index contributed by atoms with van der Waals surface area (Å²) in [6, 6.07) is 5.96. The second-order valence-electron chi connectivity index (χ2n) is 4.20. The van der Waals surface area contributed by atoms with Gasteiger partial charge in [-0.2, -0.15) is 0 Å². The molecule has 0 aliphatic rings. The van der Waals surface area contributed by atoms with Crippen molar-refractivity contribution in [2.45, 2.75) is 19.8 Å². The lowest BCUT2D eigenvalue weighted by Gasteiger charge is -2.15. The van der Waals surface area contributed by atoms with Crippen LogP contribution in [-0.4, -0.2) is 39.1 Å². The summed E-state index contributed by atoms with van der Waals surface area (Å²) in [6.45, 7) is 3.74. The van der Waals surface area contributed by atoms with E-state index in [9.17, 15) is 13.2 Å². The van der Waals surface area contributed by atoms with Gasteiger partial charge in [-0.1, -0.05) is 18.2 Å². The summed E-state index contributed by atoms with van der Waals surface area (Å²) in [4.78, 5) is 3.98. The zero-order valence-electron chi connectivity index (χ0n) is 12.9. The van der Waals surface area contributed by atoms with Gasteiger partial charge in [0.1, 0.15) is 5.75 Å². The molecule has 132 valence electrons. The van der Waals surface area contributed by atoms with E-state index in [-0.39, 0.29) is 36.3 Å². The Morgan fingerprint density at radius 1 is 1.22 bits per heavy atom. The van der Waals surface area contributed by atoms with Gasteiger partial charge in [-0.05, 0) is 13.0 Å². The molecular formula is C14H21F3IN3O2. The van der Waals surface area contributed by atoms with Crippen LogP contribution in [0.5, 0.6) is 5.75 Å². The van der Waals surface area contributed by atoms with Crippen molar-refractivity contribution in [3.8, 4) is 5.75 Å². The molecule has 0 saturated heterocycles. The topological polar surface area (TPSA) is 54.9 Å². The molecule has 0 fully saturated rings. The van der Waals surface area contributed by atoms with Crippen LogP contribution in [0.3, 0.4) is 0 Å². The van der Waals surface area contributed by atoms with Gasteiger partial charge in [0.15, 0.2) is 5.96 Å². The molecule has 0 spiro atoms. The standard InChI is InChI=1S/C14H20F3N3O2.HI/c1-3-21-9-8-19-13(18-2)20-10-11-6-4-5-7-12(11)22-14(15,16)17;/h4-7H,3,8-10H2,1-2H3,(H2,18,19,20);1H. The van der Waals surface area contributed by atoms with Gasteiger partial charge in [-0.3, -0.25) is 4.99 Å². The van der Waals surface area contributed by atoms with E-state index in [0.29, 0.717) is 31.3 Å². The van der Waals surface area contributed by atoms with Crippen molar-refractivity contribution in [2.24, 2.45) is 4.99 Å². The number of guanidine groups is 1. The Labute approximate surface area is 150 Å². The molecule has 0 aliphatic carbocycles. The molecule has 1 aromatic carbocycles. The quantitative estimate of drug-likeness (QED) is 0.292. The van der Waals surface area contributed by atoms with E-state index in [4.69, 9.17) is 4.74 Å². The number of nitrogens with zero attached hydrogens (tertiary/aromatic N) is 1. The molecule has 0 amide bonds. The lowest BCUT2D eigenvalue weighted by atomic mass is 10.2. The first-order valence-electron chi connectivity index (χ1n) is 6.82. The minimum absolute atomic E-state index is 0. The molecule has 1 rings (SSSR count). The van der Waals surface area contributed by atoms with E-state index in [1.807, 2.05) is 6.92 Å². The molecule has 0 heterocycles. The highest BCUT2D eigenvalue weighted by Crippen LogP contribution is 2.25. The minimum atomic E-state index is -4.71. The molecule has 0 unspecified atom stereocenters. The van der Waals surface area contributed by atoms with E-state index in [2.05, 4.69) is 20.4 Å². The molecule has 9 heteroatoms. The van der Waals surface area contributed by atoms with Gasteiger partial charge in [0.2, 0.25) is 0 Å². The lowest BCUT2D eigenvalue weighted by molar-refractivity contribution is -0.274. The fourth-order valence-electron chi connectivity index (χ4n) is 1.66. The molecule has 0 aromatic heterocycles. The smallest absolute Gasteiger partial charge is 0.405 e. The average molecular weight is 447 g/mol. The monoisotopic (exact) mass is 447 g/mol. The maximum absolute atomic E-state index is 12.3. The molecule has 5 nitrogen and oxygen atoms in total. The van der Waals surface area contributed by atoms with Gasteiger partial charge in [0.05, 0.1) is 6.61 Å². The largest absolute Gasteiger partial charge is 0.573 e. The van der Waals surface area contributed by atoms with Gasteiger partial charge >= 0.3 is 6.36 Å². The highest BCUT2D eigenvalue weighted by Gasteiger charge is 2.31. The normalized spacial score (nSPS) is 11.6. The summed E-state index contributed by atoms with van der Waals surface area (Å²) >= 11 is 0. The molecule has 0 saturated carbocycles. The van der Waals surface area contributed by atoms with Crippen LogP contribution in [0, 0.1) is 0 Å². The molecule has 0 aliphatic heterocycles. The first-order chi connectivity index (χ1) is 10.5. The summed E-state index contributed by atoms with van der Waals surface area (Å²) in [5.41, 5.74) is 0.382. The minimum Gasteiger partial charge on any atom is -0.405 e. The van der Waals surface area contributed by atoms with E-state index in [0.717, 1.165) is 0 Å².